The molecule has 0 N–H and O–H groups in total. The Bertz CT molecular complexity index is 756. The quantitative estimate of drug-likeness (QED) is 0.757. The van der Waals surface area contributed by atoms with Gasteiger partial charge in [-0.25, -0.2) is 4.79 Å². The second kappa shape index (κ2) is 6.80. The number of aryl methyl sites for hydroxylation is 1. The van der Waals surface area contributed by atoms with Crippen molar-refractivity contribution in [2.24, 2.45) is 11.8 Å². The highest BCUT2D eigenvalue weighted by Crippen LogP contribution is 2.47. The Hall–Kier alpha value is -2.12. The number of aromatic nitrogens is 2. The van der Waals surface area contributed by atoms with E-state index in [2.05, 4.69) is 10.2 Å². The molecule has 1 saturated carbocycles. The van der Waals surface area contributed by atoms with Gasteiger partial charge in [-0.2, -0.15) is 23.4 Å². The molecule has 1 aliphatic heterocycles. The number of piperidine rings is 1. The average Bonchev–Trinajstić information content (AvgIpc) is 3.28. The lowest BCUT2D eigenvalue weighted by molar-refractivity contribution is -0.138. The molecule has 0 bridgehead atoms. The largest absolute Gasteiger partial charge is 0.444 e. The Morgan fingerprint density at radius 3 is 2.56 bits per heavy atom. The second-order valence-electron chi connectivity index (χ2n) is 8.33. The normalized spacial score (nSPS) is 25.4. The minimum Gasteiger partial charge on any atom is -0.444 e. The van der Waals surface area contributed by atoms with Crippen LogP contribution in [0.15, 0.2) is 12.1 Å². The van der Waals surface area contributed by atoms with Crippen LogP contribution < -0.4 is 0 Å². The third-order valence-corrected chi connectivity index (χ3v) is 4.80. The molecule has 5 nitrogen and oxygen atoms in total. The third-order valence-electron chi connectivity index (χ3n) is 4.80. The van der Waals surface area contributed by atoms with Gasteiger partial charge in [0.15, 0.2) is 0 Å². The molecule has 2 aliphatic rings. The van der Waals surface area contributed by atoms with Crippen LogP contribution in [0.4, 0.5) is 18.0 Å². The van der Waals surface area contributed by atoms with Crippen LogP contribution in [-0.2, 0) is 10.9 Å². The van der Waals surface area contributed by atoms with E-state index >= 15 is 0 Å². The number of nitrogens with zero attached hydrogens (tertiary/aromatic N) is 3. The van der Waals surface area contributed by atoms with Gasteiger partial charge in [0.1, 0.15) is 5.60 Å². The average molecular weight is 383 g/mol. The van der Waals surface area contributed by atoms with Gasteiger partial charge in [-0.15, -0.1) is 0 Å². The van der Waals surface area contributed by atoms with Crippen molar-refractivity contribution < 1.29 is 22.7 Å². The molecule has 0 radical (unpaired) electrons. The molecule has 0 aromatic carbocycles. The van der Waals surface area contributed by atoms with Crippen molar-refractivity contribution in [2.75, 3.05) is 6.54 Å². The summed E-state index contributed by atoms with van der Waals surface area (Å²) in [6.07, 6.45) is -0.247. The fourth-order valence-corrected chi connectivity index (χ4v) is 3.41. The van der Waals surface area contributed by atoms with Gasteiger partial charge in [0.25, 0.3) is 0 Å². The summed E-state index contributed by atoms with van der Waals surface area (Å²) in [4.78, 5) is 14.1. The first-order valence-corrected chi connectivity index (χ1v) is 9.03. The molecular weight excluding hydrogens is 359 g/mol. The van der Waals surface area contributed by atoms with Crippen LogP contribution in [0.5, 0.6) is 0 Å². The van der Waals surface area contributed by atoms with Gasteiger partial charge in [-0.05, 0) is 64.5 Å². The monoisotopic (exact) mass is 383 g/mol. The molecule has 1 amide bonds. The highest BCUT2D eigenvalue weighted by atomic mass is 19.4. The number of carbonyl (C=O) groups excluding carboxylic acids is 1. The lowest BCUT2D eigenvalue weighted by Crippen LogP contribution is -2.46. The van der Waals surface area contributed by atoms with E-state index in [0.29, 0.717) is 18.4 Å². The molecular formula is C19H24F3N3O2. The maximum Gasteiger partial charge on any atom is 0.418 e. The molecule has 3 rings (SSSR count). The Balaban J connectivity index is 1.83. The SMILES string of the molecule is Cc1cc(C(F)(F)F)c(C=C[C@@H]2C[C@H]3C[C@H]3CN2C(=O)OC(C)(C)C)nn1. The van der Waals surface area contributed by atoms with E-state index in [1.807, 2.05) is 0 Å². The predicted molar refractivity (Wildman–Crippen MR) is 93.7 cm³/mol. The van der Waals surface area contributed by atoms with Gasteiger partial charge >= 0.3 is 12.3 Å². The van der Waals surface area contributed by atoms with Gasteiger partial charge in [0.2, 0.25) is 0 Å². The van der Waals surface area contributed by atoms with Crippen molar-refractivity contribution in [1.82, 2.24) is 15.1 Å². The molecule has 0 unspecified atom stereocenters. The second-order valence-corrected chi connectivity index (χ2v) is 8.33. The van der Waals surface area contributed by atoms with Gasteiger partial charge < -0.3 is 9.64 Å². The van der Waals surface area contributed by atoms with Gasteiger partial charge in [-0.3, -0.25) is 0 Å². The maximum atomic E-state index is 13.3. The van der Waals surface area contributed by atoms with Crippen LogP contribution in [0, 0.1) is 18.8 Å². The Morgan fingerprint density at radius 1 is 1.22 bits per heavy atom. The molecule has 1 saturated heterocycles. The number of rotatable bonds is 2. The minimum atomic E-state index is -4.51. The van der Waals surface area contributed by atoms with Crippen LogP contribution >= 0.6 is 0 Å². The summed E-state index contributed by atoms with van der Waals surface area (Å²) in [5.41, 5.74) is -1.49. The number of hydrogen-bond donors (Lipinski definition) is 0. The van der Waals surface area contributed by atoms with Gasteiger partial charge in [0, 0.05) is 6.54 Å². The summed E-state index contributed by atoms with van der Waals surface area (Å²) in [7, 11) is 0. The molecule has 27 heavy (non-hydrogen) atoms. The fraction of sp³-hybridized carbons (Fsp3) is 0.632. The summed E-state index contributed by atoms with van der Waals surface area (Å²) in [5, 5.41) is 7.43. The molecule has 2 fully saturated rings. The molecule has 0 spiro atoms. The van der Waals surface area contributed by atoms with Crippen molar-refractivity contribution >= 4 is 12.2 Å². The summed E-state index contributed by atoms with van der Waals surface area (Å²) in [5.74, 6) is 0.983. The summed E-state index contributed by atoms with van der Waals surface area (Å²) >= 11 is 0. The first-order valence-electron chi connectivity index (χ1n) is 9.03. The molecule has 3 atom stereocenters. The van der Waals surface area contributed by atoms with Crippen LogP contribution in [0.3, 0.4) is 0 Å². The smallest absolute Gasteiger partial charge is 0.418 e. The molecule has 1 aliphatic carbocycles. The van der Waals surface area contributed by atoms with Crippen LogP contribution in [0.2, 0.25) is 0 Å². The standard InChI is InChI=1S/C19H24F3N3O2/c1-11-7-15(19(20,21)22)16(24-23-11)6-5-14-9-12-8-13(12)10-25(14)17(26)27-18(2,3)4/h5-7,12-14H,8-10H2,1-4H3/t12-,13+,14-/m1/s1. The number of amides is 1. The van der Waals surface area contributed by atoms with Crippen LogP contribution in [0.1, 0.15) is 50.6 Å². The molecule has 1 aromatic heterocycles. The van der Waals surface area contributed by atoms with E-state index in [9.17, 15) is 18.0 Å². The first kappa shape index (κ1) is 19.6. The number of likely N-dealkylation sites (tertiary alicyclic amines) is 1. The van der Waals surface area contributed by atoms with Crippen molar-refractivity contribution in [3.05, 3.63) is 29.1 Å². The van der Waals surface area contributed by atoms with E-state index < -0.39 is 23.4 Å². The summed E-state index contributed by atoms with van der Waals surface area (Å²) in [6, 6.07) is 0.670. The van der Waals surface area contributed by atoms with Crippen molar-refractivity contribution in [2.45, 2.75) is 58.4 Å². The van der Waals surface area contributed by atoms with E-state index in [0.717, 1.165) is 18.9 Å². The maximum absolute atomic E-state index is 13.3. The van der Waals surface area contributed by atoms with Crippen molar-refractivity contribution in [3.63, 3.8) is 0 Å². The first-order chi connectivity index (χ1) is 12.4. The number of halogens is 3. The molecule has 148 valence electrons. The van der Waals surface area contributed by atoms with Crippen molar-refractivity contribution in [3.8, 4) is 0 Å². The van der Waals surface area contributed by atoms with Crippen LogP contribution in [0.25, 0.3) is 6.08 Å². The highest BCUT2D eigenvalue weighted by molar-refractivity contribution is 5.69. The number of carbonyl (C=O) groups is 1. The lowest BCUT2D eigenvalue weighted by Gasteiger charge is -2.35. The van der Waals surface area contributed by atoms with E-state index in [-0.39, 0.29) is 17.4 Å². The van der Waals surface area contributed by atoms with E-state index in [4.69, 9.17) is 4.74 Å². The zero-order chi connectivity index (χ0) is 20.0. The Kier molecular flexibility index (Phi) is 4.94. The zero-order valence-electron chi connectivity index (χ0n) is 15.9. The summed E-state index contributed by atoms with van der Waals surface area (Å²) in [6.45, 7) is 7.40. The summed E-state index contributed by atoms with van der Waals surface area (Å²) < 4.78 is 45.3. The van der Waals surface area contributed by atoms with Gasteiger partial charge in [-0.1, -0.05) is 6.08 Å². The van der Waals surface area contributed by atoms with Gasteiger partial charge in [0.05, 0.1) is 23.0 Å². The Morgan fingerprint density at radius 2 is 1.93 bits per heavy atom. The highest BCUT2D eigenvalue weighted by Gasteiger charge is 2.47. The number of hydrogen-bond acceptors (Lipinski definition) is 4. The van der Waals surface area contributed by atoms with Crippen LogP contribution in [-0.4, -0.2) is 39.4 Å². The topological polar surface area (TPSA) is 55.3 Å². The van der Waals surface area contributed by atoms with Crippen molar-refractivity contribution in [1.29, 1.82) is 0 Å². The third kappa shape index (κ3) is 4.78. The number of fused-ring (bicyclic) bond motifs is 1. The fourth-order valence-electron chi connectivity index (χ4n) is 3.41. The Labute approximate surface area is 156 Å². The minimum absolute atomic E-state index is 0.202. The lowest BCUT2D eigenvalue weighted by atomic mass is 10.0. The van der Waals surface area contributed by atoms with E-state index in [1.165, 1.54) is 13.0 Å². The zero-order valence-corrected chi connectivity index (χ0v) is 15.9. The number of ether oxygens (including phenoxy) is 1. The molecule has 2 heterocycles. The van der Waals surface area contributed by atoms with E-state index in [1.54, 1.807) is 31.7 Å². The molecule has 1 aromatic rings. The predicted octanol–water partition coefficient (Wildman–Crippen LogP) is 4.46. The molecule has 8 heteroatoms. The number of alkyl halides is 3.